The summed E-state index contributed by atoms with van der Waals surface area (Å²) in [6.07, 6.45) is 2.57. The van der Waals surface area contributed by atoms with Crippen LogP contribution in [-0.4, -0.2) is 34.8 Å². The SMILES string of the molecule is Clc1ccc2ncnc(Nc3ccc(OCC4CCOC4)cc3)c2n1. The van der Waals surface area contributed by atoms with Crippen molar-refractivity contribution in [1.29, 1.82) is 0 Å². The average molecular weight is 357 g/mol. The van der Waals surface area contributed by atoms with Gasteiger partial charge >= 0.3 is 0 Å². The van der Waals surface area contributed by atoms with Gasteiger partial charge in [0.25, 0.3) is 0 Å². The second-order valence-corrected chi connectivity index (χ2v) is 6.30. The summed E-state index contributed by atoms with van der Waals surface area (Å²) < 4.78 is 11.2. The Bertz CT molecular complexity index is 867. The third-order valence-electron chi connectivity index (χ3n) is 4.07. The van der Waals surface area contributed by atoms with Crippen molar-refractivity contribution in [2.45, 2.75) is 6.42 Å². The number of anilines is 2. The van der Waals surface area contributed by atoms with Gasteiger partial charge in [-0.25, -0.2) is 15.0 Å². The van der Waals surface area contributed by atoms with Crippen molar-refractivity contribution in [2.75, 3.05) is 25.1 Å². The fourth-order valence-corrected chi connectivity index (χ4v) is 2.86. The molecule has 3 aromatic rings. The molecule has 1 aliphatic heterocycles. The van der Waals surface area contributed by atoms with Gasteiger partial charge in [-0.3, -0.25) is 0 Å². The monoisotopic (exact) mass is 356 g/mol. The van der Waals surface area contributed by atoms with Crippen LogP contribution in [0, 0.1) is 5.92 Å². The standard InChI is InChI=1S/C18H17ClN4O2/c19-16-6-5-15-17(23-16)18(21-11-20-15)22-13-1-3-14(4-2-13)25-10-12-7-8-24-9-12/h1-6,11-12H,7-10H2,(H,20,21,22). The first-order valence-electron chi connectivity index (χ1n) is 8.13. The van der Waals surface area contributed by atoms with Gasteiger partial charge < -0.3 is 14.8 Å². The number of nitrogens with one attached hydrogen (secondary N) is 1. The quantitative estimate of drug-likeness (QED) is 0.700. The van der Waals surface area contributed by atoms with Crippen molar-refractivity contribution in [3.05, 3.63) is 47.9 Å². The molecule has 0 aliphatic carbocycles. The van der Waals surface area contributed by atoms with Crippen LogP contribution in [0.4, 0.5) is 11.5 Å². The molecule has 1 N–H and O–H groups in total. The minimum Gasteiger partial charge on any atom is -0.493 e. The van der Waals surface area contributed by atoms with Crippen LogP contribution in [0.3, 0.4) is 0 Å². The predicted octanol–water partition coefficient (Wildman–Crippen LogP) is 3.84. The minimum atomic E-state index is 0.407. The summed E-state index contributed by atoms with van der Waals surface area (Å²) in [4.78, 5) is 12.8. The van der Waals surface area contributed by atoms with E-state index in [1.54, 1.807) is 6.07 Å². The lowest BCUT2D eigenvalue weighted by atomic mass is 10.1. The molecule has 1 saturated heterocycles. The summed E-state index contributed by atoms with van der Waals surface area (Å²) in [6.45, 7) is 2.31. The predicted molar refractivity (Wildman–Crippen MR) is 96.5 cm³/mol. The van der Waals surface area contributed by atoms with E-state index in [1.165, 1.54) is 6.33 Å². The molecular weight excluding hydrogens is 340 g/mol. The Kier molecular flexibility index (Phi) is 4.63. The Hall–Kier alpha value is -2.44. The van der Waals surface area contributed by atoms with Crippen LogP contribution in [-0.2, 0) is 4.74 Å². The number of benzene rings is 1. The molecular formula is C18H17ClN4O2. The topological polar surface area (TPSA) is 69.2 Å². The molecule has 0 saturated carbocycles. The highest BCUT2D eigenvalue weighted by Crippen LogP contribution is 2.24. The van der Waals surface area contributed by atoms with Gasteiger partial charge in [0.05, 0.1) is 18.7 Å². The molecule has 128 valence electrons. The fourth-order valence-electron chi connectivity index (χ4n) is 2.71. The van der Waals surface area contributed by atoms with E-state index in [2.05, 4.69) is 20.3 Å². The third kappa shape index (κ3) is 3.81. The highest BCUT2D eigenvalue weighted by Gasteiger charge is 2.16. The average Bonchev–Trinajstić information content (AvgIpc) is 3.15. The number of rotatable bonds is 5. The van der Waals surface area contributed by atoms with Crippen molar-refractivity contribution < 1.29 is 9.47 Å². The second kappa shape index (κ2) is 7.21. The first kappa shape index (κ1) is 16.1. The first-order valence-corrected chi connectivity index (χ1v) is 8.50. The smallest absolute Gasteiger partial charge is 0.160 e. The van der Waals surface area contributed by atoms with E-state index in [0.717, 1.165) is 36.6 Å². The van der Waals surface area contributed by atoms with Gasteiger partial charge in [-0.2, -0.15) is 0 Å². The molecule has 1 unspecified atom stereocenters. The maximum absolute atomic E-state index is 5.98. The lowest BCUT2D eigenvalue weighted by Gasteiger charge is -2.11. The zero-order valence-electron chi connectivity index (χ0n) is 13.5. The van der Waals surface area contributed by atoms with Gasteiger partial charge in [-0.15, -0.1) is 0 Å². The number of pyridine rings is 1. The van der Waals surface area contributed by atoms with Crippen molar-refractivity contribution >= 4 is 34.1 Å². The number of fused-ring (bicyclic) bond motifs is 1. The van der Waals surface area contributed by atoms with Crippen molar-refractivity contribution in [1.82, 2.24) is 15.0 Å². The highest BCUT2D eigenvalue weighted by atomic mass is 35.5. The number of ether oxygens (including phenoxy) is 2. The van der Waals surface area contributed by atoms with Gasteiger partial charge in [0.15, 0.2) is 5.82 Å². The van der Waals surface area contributed by atoms with Crippen LogP contribution in [0.2, 0.25) is 5.15 Å². The van der Waals surface area contributed by atoms with Gasteiger partial charge in [0, 0.05) is 18.2 Å². The third-order valence-corrected chi connectivity index (χ3v) is 4.29. The Morgan fingerprint density at radius 1 is 1.16 bits per heavy atom. The van der Waals surface area contributed by atoms with E-state index in [-0.39, 0.29) is 0 Å². The summed E-state index contributed by atoms with van der Waals surface area (Å²) in [5.74, 6) is 1.94. The number of aromatic nitrogens is 3. The van der Waals surface area contributed by atoms with E-state index in [9.17, 15) is 0 Å². The molecule has 25 heavy (non-hydrogen) atoms. The molecule has 4 rings (SSSR count). The molecule has 1 aromatic carbocycles. The number of hydrogen-bond acceptors (Lipinski definition) is 6. The number of hydrogen-bond donors (Lipinski definition) is 1. The Morgan fingerprint density at radius 3 is 2.84 bits per heavy atom. The van der Waals surface area contributed by atoms with Crippen molar-refractivity contribution in [3.8, 4) is 5.75 Å². The van der Waals surface area contributed by atoms with Gasteiger partial charge in [-0.1, -0.05) is 11.6 Å². The van der Waals surface area contributed by atoms with Crippen molar-refractivity contribution in [3.63, 3.8) is 0 Å². The van der Waals surface area contributed by atoms with Crippen LogP contribution in [0.5, 0.6) is 5.75 Å². The van der Waals surface area contributed by atoms with Crippen molar-refractivity contribution in [2.24, 2.45) is 5.92 Å². The van der Waals surface area contributed by atoms with E-state index < -0.39 is 0 Å². The minimum absolute atomic E-state index is 0.407. The zero-order chi connectivity index (χ0) is 17.1. The largest absolute Gasteiger partial charge is 0.493 e. The van der Waals surface area contributed by atoms with Crippen LogP contribution < -0.4 is 10.1 Å². The summed E-state index contributed by atoms with van der Waals surface area (Å²) in [5.41, 5.74) is 2.26. The molecule has 1 atom stereocenters. The molecule has 1 fully saturated rings. The molecule has 7 heteroatoms. The normalized spacial score (nSPS) is 16.9. The molecule has 0 radical (unpaired) electrons. The maximum atomic E-state index is 5.98. The summed E-state index contributed by atoms with van der Waals surface area (Å²) in [5, 5.41) is 3.66. The molecule has 2 aromatic heterocycles. The number of halogens is 1. The van der Waals surface area contributed by atoms with Crippen LogP contribution in [0.1, 0.15) is 6.42 Å². The van der Waals surface area contributed by atoms with E-state index in [4.69, 9.17) is 21.1 Å². The van der Waals surface area contributed by atoms with Gasteiger partial charge in [-0.05, 0) is 42.8 Å². The van der Waals surface area contributed by atoms with Crippen LogP contribution in [0.25, 0.3) is 11.0 Å². The van der Waals surface area contributed by atoms with E-state index in [1.807, 2.05) is 30.3 Å². The fraction of sp³-hybridized carbons (Fsp3) is 0.278. The highest BCUT2D eigenvalue weighted by molar-refractivity contribution is 6.29. The molecule has 3 heterocycles. The zero-order valence-corrected chi connectivity index (χ0v) is 14.2. The molecule has 0 spiro atoms. The van der Waals surface area contributed by atoms with Gasteiger partial charge in [0.2, 0.25) is 0 Å². The van der Waals surface area contributed by atoms with E-state index >= 15 is 0 Å². The summed E-state index contributed by atoms with van der Waals surface area (Å²) in [7, 11) is 0. The van der Waals surface area contributed by atoms with Crippen LogP contribution >= 0.6 is 11.6 Å². The lowest BCUT2D eigenvalue weighted by Crippen LogP contribution is -2.11. The Balaban J connectivity index is 1.47. The summed E-state index contributed by atoms with van der Waals surface area (Å²) >= 11 is 5.98. The maximum Gasteiger partial charge on any atom is 0.160 e. The van der Waals surface area contributed by atoms with Crippen LogP contribution in [0.15, 0.2) is 42.7 Å². The Morgan fingerprint density at radius 2 is 2.04 bits per heavy atom. The molecule has 1 aliphatic rings. The number of nitrogens with zero attached hydrogens (tertiary/aromatic N) is 3. The molecule has 0 bridgehead atoms. The molecule has 6 nitrogen and oxygen atoms in total. The molecule has 0 amide bonds. The summed E-state index contributed by atoms with van der Waals surface area (Å²) in [6, 6.07) is 11.3. The lowest BCUT2D eigenvalue weighted by molar-refractivity contribution is 0.167. The van der Waals surface area contributed by atoms with E-state index in [0.29, 0.717) is 29.0 Å². The van der Waals surface area contributed by atoms with Gasteiger partial charge in [0.1, 0.15) is 22.7 Å². The Labute approximate surface area is 150 Å². The second-order valence-electron chi connectivity index (χ2n) is 5.91. The first-order chi connectivity index (χ1) is 12.3.